The summed E-state index contributed by atoms with van der Waals surface area (Å²) >= 11 is 3.39. The maximum absolute atomic E-state index is 12.4. The van der Waals surface area contributed by atoms with E-state index >= 15 is 0 Å². The van der Waals surface area contributed by atoms with Crippen LogP contribution in [0.4, 0.5) is 0 Å². The van der Waals surface area contributed by atoms with E-state index in [1.165, 1.54) is 6.42 Å². The molecular formula is C19H24N2O3S2. The SMILES string of the molecule is O=C(COC(=O)c1ccccc1CSC1=NCCS1)NC1CCCCC1. The van der Waals surface area contributed by atoms with Gasteiger partial charge in [-0.1, -0.05) is 61.0 Å². The number of hydrogen-bond donors (Lipinski definition) is 1. The number of amides is 1. The van der Waals surface area contributed by atoms with E-state index in [0.29, 0.717) is 11.3 Å². The van der Waals surface area contributed by atoms with Gasteiger partial charge in [0.15, 0.2) is 6.61 Å². The highest BCUT2D eigenvalue weighted by atomic mass is 32.2. The van der Waals surface area contributed by atoms with Gasteiger partial charge >= 0.3 is 5.97 Å². The summed E-state index contributed by atoms with van der Waals surface area (Å²) in [5.41, 5.74) is 1.43. The average Bonchev–Trinajstić information content (AvgIpc) is 3.19. The van der Waals surface area contributed by atoms with E-state index in [0.717, 1.165) is 47.9 Å². The van der Waals surface area contributed by atoms with Gasteiger partial charge in [-0.15, -0.1) is 0 Å². The minimum absolute atomic E-state index is 0.214. The van der Waals surface area contributed by atoms with Crippen LogP contribution in [0.2, 0.25) is 0 Å². The molecule has 1 aromatic rings. The van der Waals surface area contributed by atoms with Crippen LogP contribution in [-0.2, 0) is 15.3 Å². The van der Waals surface area contributed by atoms with Gasteiger partial charge < -0.3 is 10.1 Å². The minimum Gasteiger partial charge on any atom is -0.452 e. The van der Waals surface area contributed by atoms with E-state index in [4.69, 9.17) is 4.74 Å². The number of benzene rings is 1. The molecule has 1 aliphatic carbocycles. The molecule has 1 amide bonds. The van der Waals surface area contributed by atoms with Crippen LogP contribution < -0.4 is 5.32 Å². The van der Waals surface area contributed by atoms with Crippen LogP contribution in [0, 0.1) is 0 Å². The Morgan fingerprint density at radius 1 is 1.23 bits per heavy atom. The van der Waals surface area contributed by atoms with Crippen LogP contribution in [0.3, 0.4) is 0 Å². The molecule has 0 aromatic heterocycles. The van der Waals surface area contributed by atoms with E-state index in [-0.39, 0.29) is 18.6 Å². The summed E-state index contributed by atoms with van der Waals surface area (Å²) in [5, 5.41) is 2.96. The van der Waals surface area contributed by atoms with Gasteiger partial charge in [-0.3, -0.25) is 9.79 Å². The van der Waals surface area contributed by atoms with Crippen LogP contribution >= 0.6 is 23.5 Å². The van der Waals surface area contributed by atoms with Crippen LogP contribution in [0.15, 0.2) is 29.3 Å². The van der Waals surface area contributed by atoms with E-state index < -0.39 is 5.97 Å². The first-order chi connectivity index (χ1) is 12.7. The summed E-state index contributed by atoms with van der Waals surface area (Å²) in [4.78, 5) is 28.8. The fraction of sp³-hybridized carbons (Fsp3) is 0.526. The normalized spacial score (nSPS) is 17.6. The van der Waals surface area contributed by atoms with Crippen molar-refractivity contribution < 1.29 is 14.3 Å². The van der Waals surface area contributed by atoms with Crippen molar-refractivity contribution in [3.05, 3.63) is 35.4 Å². The van der Waals surface area contributed by atoms with Crippen molar-refractivity contribution in [2.24, 2.45) is 4.99 Å². The Morgan fingerprint density at radius 3 is 2.81 bits per heavy atom. The third-order valence-electron chi connectivity index (χ3n) is 4.45. The number of thioether (sulfide) groups is 2. The third kappa shape index (κ3) is 5.77. The summed E-state index contributed by atoms with van der Waals surface area (Å²) in [6.45, 7) is 0.645. The Balaban J connectivity index is 1.49. The Hall–Kier alpha value is -1.47. The van der Waals surface area contributed by atoms with Crippen LogP contribution in [0.5, 0.6) is 0 Å². The maximum atomic E-state index is 12.4. The lowest BCUT2D eigenvalue weighted by atomic mass is 9.95. The van der Waals surface area contributed by atoms with E-state index in [1.54, 1.807) is 29.6 Å². The van der Waals surface area contributed by atoms with Crippen LogP contribution in [-0.4, -0.2) is 41.2 Å². The first-order valence-corrected chi connectivity index (χ1v) is 11.0. The molecule has 1 aliphatic heterocycles. The number of ether oxygens (including phenoxy) is 1. The number of esters is 1. The molecule has 1 N–H and O–H groups in total. The lowest BCUT2D eigenvalue weighted by Gasteiger charge is -2.22. The van der Waals surface area contributed by atoms with E-state index in [9.17, 15) is 9.59 Å². The molecule has 7 heteroatoms. The third-order valence-corrected chi connectivity index (χ3v) is 6.75. The van der Waals surface area contributed by atoms with Gasteiger partial charge in [0.1, 0.15) is 4.38 Å². The second kappa shape index (κ2) is 10.0. The predicted molar refractivity (Wildman–Crippen MR) is 108 cm³/mol. The Kier molecular flexibility index (Phi) is 7.43. The number of carbonyl (C=O) groups excluding carboxylic acids is 2. The van der Waals surface area contributed by atoms with Crippen molar-refractivity contribution in [3.63, 3.8) is 0 Å². The fourth-order valence-electron chi connectivity index (χ4n) is 3.11. The van der Waals surface area contributed by atoms with Gasteiger partial charge in [0.2, 0.25) is 0 Å². The summed E-state index contributed by atoms with van der Waals surface area (Å²) in [7, 11) is 0. The summed E-state index contributed by atoms with van der Waals surface area (Å²) in [6.07, 6.45) is 5.57. The molecule has 0 atom stereocenters. The van der Waals surface area contributed by atoms with Gasteiger partial charge in [0.05, 0.1) is 12.1 Å². The van der Waals surface area contributed by atoms with Crippen molar-refractivity contribution in [1.29, 1.82) is 0 Å². The highest BCUT2D eigenvalue weighted by Crippen LogP contribution is 2.26. The maximum Gasteiger partial charge on any atom is 0.338 e. The number of rotatable bonds is 6. The van der Waals surface area contributed by atoms with Gasteiger partial charge in [0.25, 0.3) is 5.91 Å². The molecule has 5 nitrogen and oxygen atoms in total. The molecule has 1 fully saturated rings. The quantitative estimate of drug-likeness (QED) is 0.749. The van der Waals surface area contributed by atoms with Gasteiger partial charge in [-0.2, -0.15) is 0 Å². The molecule has 0 radical (unpaired) electrons. The zero-order valence-electron chi connectivity index (χ0n) is 14.7. The first-order valence-electron chi connectivity index (χ1n) is 9.07. The zero-order valence-corrected chi connectivity index (χ0v) is 16.4. The van der Waals surface area contributed by atoms with Crippen LogP contribution in [0.1, 0.15) is 48.0 Å². The molecule has 26 heavy (non-hydrogen) atoms. The molecule has 0 unspecified atom stereocenters. The summed E-state index contributed by atoms with van der Waals surface area (Å²) in [5.74, 6) is 1.04. The lowest BCUT2D eigenvalue weighted by Crippen LogP contribution is -2.38. The highest BCUT2D eigenvalue weighted by Gasteiger charge is 2.18. The van der Waals surface area contributed by atoms with Crippen molar-refractivity contribution in [2.45, 2.75) is 43.9 Å². The molecule has 140 valence electrons. The predicted octanol–water partition coefficient (Wildman–Crippen LogP) is 3.63. The van der Waals surface area contributed by atoms with Crippen molar-refractivity contribution in [2.75, 3.05) is 18.9 Å². The topological polar surface area (TPSA) is 67.8 Å². The molecular weight excluding hydrogens is 368 g/mol. The summed E-state index contributed by atoms with van der Waals surface area (Å²) < 4.78 is 6.32. The Labute approximate surface area is 162 Å². The lowest BCUT2D eigenvalue weighted by molar-refractivity contribution is -0.125. The number of aliphatic imine (C=N–C) groups is 1. The minimum atomic E-state index is -0.444. The van der Waals surface area contributed by atoms with Crippen molar-refractivity contribution in [1.82, 2.24) is 5.32 Å². The average molecular weight is 393 g/mol. The van der Waals surface area contributed by atoms with Crippen molar-refractivity contribution in [3.8, 4) is 0 Å². The highest BCUT2D eigenvalue weighted by molar-refractivity contribution is 8.38. The number of hydrogen-bond acceptors (Lipinski definition) is 6. The smallest absolute Gasteiger partial charge is 0.338 e. The van der Waals surface area contributed by atoms with Gasteiger partial charge in [-0.05, 0) is 24.5 Å². The Morgan fingerprint density at radius 2 is 2.04 bits per heavy atom. The molecule has 3 rings (SSSR count). The van der Waals surface area contributed by atoms with Crippen molar-refractivity contribution >= 4 is 39.8 Å². The monoisotopic (exact) mass is 392 g/mol. The number of nitrogens with zero attached hydrogens (tertiary/aromatic N) is 1. The molecule has 2 aliphatic rings. The van der Waals surface area contributed by atoms with E-state index in [1.807, 2.05) is 18.2 Å². The molecule has 1 heterocycles. The molecule has 1 aromatic carbocycles. The standard InChI is InChI=1S/C19H24N2O3S2/c22-17(21-15-7-2-1-3-8-15)12-24-18(23)16-9-5-4-6-14(16)13-26-19-20-10-11-25-19/h4-6,9,15H,1-3,7-8,10-13H2,(H,21,22). The first kappa shape index (κ1) is 19.3. The molecule has 0 saturated heterocycles. The number of carbonyl (C=O) groups is 2. The summed E-state index contributed by atoms with van der Waals surface area (Å²) in [6, 6.07) is 7.62. The zero-order chi connectivity index (χ0) is 18.2. The molecule has 1 saturated carbocycles. The second-order valence-electron chi connectivity index (χ2n) is 6.42. The fourth-order valence-corrected chi connectivity index (χ4v) is 5.13. The number of nitrogens with one attached hydrogen (secondary N) is 1. The Bertz CT molecular complexity index is 673. The second-order valence-corrected chi connectivity index (χ2v) is 8.73. The van der Waals surface area contributed by atoms with E-state index in [2.05, 4.69) is 10.3 Å². The van der Waals surface area contributed by atoms with Gasteiger partial charge in [-0.25, -0.2) is 4.79 Å². The van der Waals surface area contributed by atoms with Gasteiger partial charge in [0, 0.05) is 17.5 Å². The van der Waals surface area contributed by atoms with Crippen LogP contribution in [0.25, 0.3) is 0 Å². The largest absolute Gasteiger partial charge is 0.452 e. The molecule has 0 bridgehead atoms. The molecule has 0 spiro atoms.